The molecule has 0 aliphatic heterocycles. The van der Waals surface area contributed by atoms with Crippen molar-refractivity contribution in [3.8, 4) is 0 Å². The second kappa shape index (κ2) is 7.93. The molecule has 6 heteroatoms. The van der Waals surface area contributed by atoms with Crippen LogP contribution in [-0.4, -0.2) is 22.6 Å². The number of nitrogens with one attached hydrogen (secondary N) is 1. The third kappa shape index (κ3) is 7.60. The van der Waals surface area contributed by atoms with Crippen LogP contribution in [0.25, 0.3) is 0 Å². The molecule has 21 heavy (non-hydrogen) atoms. The number of aliphatic imine (C=N–C) groups is 1. The predicted octanol–water partition coefficient (Wildman–Crippen LogP) is 3.41. The summed E-state index contributed by atoms with van der Waals surface area (Å²) < 4.78 is 5.19. The van der Waals surface area contributed by atoms with Crippen molar-refractivity contribution >= 4 is 28.7 Å². The van der Waals surface area contributed by atoms with Gasteiger partial charge in [0.05, 0.1) is 5.69 Å². The minimum atomic E-state index is -0.498. The fourth-order valence-electron chi connectivity index (χ4n) is 1.53. The van der Waals surface area contributed by atoms with Crippen molar-refractivity contribution in [2.75, 3.05) is 5.75 Å². The summed E-state index contributed by atoms with van der Waals surface area (Å²) in [6.45, 7) is 7.90. The van der Waals surface area contributed by atoms with Crippen LogP contribution in [0, 0.1) is 0 Å². The molecule has 0 atom stereocenters. The Kier molecular flexibility index (Phi) is 6.55. The molecule has 0 aliphatic rings. The minimum Gasteiger partial charge on any atom is -0.444 e. The fourth-order valence-corrected chi connectivity index (χ4v) is 2.00. The number of thioether (sulfide) groups is 1. The van der Waals surface area contributed by atoms with Crippen molar-refractivity contribution in [3.63, 3.8) is 0 Å². The van der Waals surface area contributed by atoms with E-state index in [1.807, 2.05) is 52.0 Å². The summed E-state index contributed by atoms with van der Waals surface area (Å²) >= 11 is 1.49. The molecule has 0 fully saturated rings. The van der Waals surface area contributed by atoms with E-state index in [1.54, 1.807) is 0 Å². The van der Waals surface area contributed by atoms with Crippen molar-refractivity contribution in [3.05, 3.63) is 29.8 Å². The van der Waals surface area contributed by atoms with E-state index in [-0.39, 0.29) is 0 Å². The largest absolute Gasteiger partial charge is 0.444 e. The number of ether oxygens (including phenoxy) is 1. The standard InChI is InChI=1S/C15H23N3O2S/c1-5-21-13(16)18-12-8-6-7-11(9-12)10-17-14(19)20-15(2,3)4/h6-9H,5,10H2,1-4H3,(H2,16,18)(H,17,19). The van der Waals surface area contributed by atoms with Crippen molar-refractivity contribution in [1.82, 2.24) is 5.32 Å². The average Bonchev–Trinajstić information content (AvgIpc) is 2.35. The Bertz CT molecular complexity index is 510. The summed E-state index contributed by atoms with van der Waals surface area (Å²) in [6.07, 6.45) is -0.433. The number of nitrogens with zero attached hydrogens (tertiary/aromatic N) is 1. The van der Waals surface area contributed by atoms with Gasteiger partial charge in [-0.25, -0.2) is 9.79 Å². The van der Waals surface area contributed by atoms with Crippen LogP contribution >= 0.6 is 11.8 Å². The van der Waals surface area contributed by atoms with Crippen LogP contribution in [0.1, 0.15) is 33.3 Å². The predicted molar refractivity (Wildman–Crippen MR) is 88.9 cm³/mol. The van der Waals surface area contributed by atoms with Crippen LogP contribution in [0.5, 0.6) is 0 Å². The molecule has 1 aromatic rings. The van der Waals surface area contributed by atoms with E-state index in [9.17, 15) is 4.79 Å². The molecule has 3 N–H and O–H groups in total. The molecule has 5 nitrogen and oxygen atoms in total. The van der Waals surface area contributed by atoms with Gasteiger partial charge in [-0.1, -0.05) is 30.8 Å². The van der Waals surface area contributed by atoms with E-state index < -0.39 is 11.7 Å². The number of hydrogen-bond donors (Lipinski definition) is 2. The van der Waals surface area contributed by atoms with E-state index in [0.717, 1.165) is 17.0 Å². The van der Waals surface area contributed by atoms with E-state index >= 15 is 0 Å². The van der Waals surface area contributed by atoms with E-state index in [1.165, 1.54) is 11.8 Å². The molecule has 1 aromatic carbocycles. The van der Waals surface area contributed by atoms with Gasteiger partial charge in [-0.3, -0.25) is 0 Å². The van der Waals surface area contributed by atoms with Gasteiger partial charge in [0.2, 0.25) is 0 Å². The lowest BCUT2D eigenvalue weighted by Gasteiger charge is -2.19. The molecule has 0 saturated carbocycles. The number of nitrogens with two attached hydrogens (primary N) is 1. The molecular formula is C15H23N3O2S. The number of rotatable bonds is 4. The lowest BCUT2D eigenvalue weighted by Crippen LogP contribution is -2.32. The Morgan fingerprint density at radius 3 is 2.76 bits per heavy atom. The molecule has 0 unspecified atom stereocenters. The third-order valence-corrected chi connectivity index (χ3v) is 2.95. The molecule has 0 heterocycles. The molecule has 0 aromatic heterocycles. The van der Waals surface area contributed by atoms with Crippen LogP contribution in [0.4, 0.5) is 10.5 Å². The maximum atomic E-state index is 11.6. The van der Waals surface area contributed by atoms with Gasteiger partial charge in [-0.15, -0.1) is 0 Å². The second-order valence-corrected chi connectivity index (χ2v) is 6.69. The molecule has 0 radical (unpaired) electrons. The Morgan fingerprint density at radius 2 is 2.14 bits per heavy atom. The Morgan fingerprint density at radius 1 is 1.43 bits per heavy atom. The van der Waals surface area contributed by atoms with Crippen LogP contribution in [-0.2, 0) is 11.3 Å². The van der Waals surface area contributed by atoms with Crippen LogP contribution < -0.4 is 11.1 Å². The lowest BCUT2D eigenvalue weighted by atomic mass is 10.2. The normalized spacial score (nSPS) is 12.1. The zero-order valence-electron chi connectivity index (χ0n) is 13.0. The number of amides is 1. The van der Waals surface area contributed by atoms with Gasteiger partial charge in [-0.2, -0.15) is 0 Å². The van der Waals surface area contributed by atoms with Crippen LogP contribution in [0.3, 0.4) is 0 Å². The van der Waals surface area contributed by atoms with E-state index in [0.29, 0.717) is 11.7 Å². The maximum absolute atomic E-state index is 11.6. The Balaban J connectivity index is 2.61. The highest BCUT2D eigenvalue weighted by molar-refractivity contribution is 8.13. The molecule has 1 rings (SSSR count). The minimum absolute atomic E-state index is 0.388. The SMILES string of the molecule is CCSC(N)=Nc1cccc(CNC(=O)OC(C)(C)C)c1. The Hall–Kier alpha value is -1.69. The van der Waals surface area contributed by atoms with E-state index in [2.05, 4.69) is 10.3 Å². The summed E-state index contributed by atoms with van der Waals surface area (Å²) in [4.78, 5) is 15.9. The molecule has 0 spiro atoms. The van der Waals surface area contributed by atoms with E-state index in [4.69, 9.17) is 10.5 Å². The smallest absolute Gasteiger partial charge is 0.407 e. The third-order valence-electron chi connectivity index (χ3n) is 2.28. The number of benzene rings is 1. The molecular weight excluding hydrogens is 286 g/mol. The number of amidine groups is 1. The highest BCUT2D eigenvalue weighted by Crippen LogP contribution is 2.16. The molecule has 1 amide bonds. The molecule has 116 valence electrons. The number of hydrogen-bond acceptors (Lipinski definition) is 4. The lowest BCUT2D eigenvalue weighted by molar-refractivity contribution is 0.0523. The topological polar surface area (TPSA) is 76.7 Å². The van der Waals surface area contributed by atoms with Crippen molar-refractivity contribution < 1.29 is 9.53 Å². The zero-order valence-corrected chi connectivity index (χ0v) is 13.8. The number of carbonyl (C=O) groups excluding carboxylic acids is 1. The first-order valence-corrected chi connectivity index (χ1v) is 7.81. The number of alkyl carbamates (subject to hydrolysis) is 1. The summed E-state index contributed by atoms with van der Waals surface area (Å²) in [7, 11) is 0. The molecule has 0 bridgehead atoms. The highest BCUT2D eigenvalue weighted by atomic mass is 32.2. The highest BCUT2D eigenvalue weighted by Gasteiger charge is 2.15. The van der Waals surface area contributed by atoms with Gasteiger partial charge in [0.15, 0.2) is 5.17 Å². The first-order valence-electron chi connectivity index (χ1n) is 6.83. The van der Waals surface area contributed by atoms with Gasteiger partial charge in [-0.05, 0) is 44.2 Å². The quantitative estimate of drug-likeness (QED) is 0.660. The van der Waals surface area contributed by atoms with Crippen LogP contribution in [0.2, 0.25) is 0 Å². The summed E-state index contributed by atoms with van der Waals surface area (Å²) in [6, 6.07) is 7.56. The van der Waals surface area contributed by atoms with Gasteiger partial charge < -0.3 is 15.8 Å². The first kappa shape index (κ1) is 17.4. The number of carbonyl (C=O) groups is 1. The Labute approximate surface area is 130 Å². The zero-order chi connectivity index (χ0) is 15.9. The first-order chi connectivity index (χ1) is 9.80. The summed E-state index contributed by atoms with van der Waals surface area (Å²) in [5.74, 6) is 0.884. The summed E-state index contributed by atoms with van der Waals surface area (Å²) in [5.41, 5.74) is 7.00. The van der Waals surface area contributed by atoms with Crippen molar-refractivity contribution in [2.45, 2.75) is 39.8 Å². The molecule has 0 saturated heterocycles. The van der Waals surface area contributed by atoms with Crippen LogP contribution in [0.15, 0.2) is 29.3 Å². The maximum Gasteiger partial charge on any atom is 0.407 e. The summed E-state index contributed by atoms with van der Waals surface area (Å²) in [5, 5.41) is 3.25. The average molecular weight is 309 g/mol. The van der Waals surface area contributed by atoms with Crippen molar-refractivity contribution in [2.24, 2.45) is 10.7 Å². The van der Waals surface area contributed by atoms with Gasteiger partial charge in [0, 0.05) is 6.54 Å². The van der Waals surface area contributed by atoms with Gasteiger partial charge in [0.1, 0.15) is 5.60 Å². The monoisotopic (exact) mass is 309 g/mol. The van der Waals surface area contributed by atoms with Gasteiger partial charge in [0.25, 0.3) is 0 Å². The second-order valence-electron chi connectivity index (χ2n) is 5.41. The fraction of sp³-hybridized carbons (Fsp3) is 0.467. The van der Waals surface area contributed by atoms with Crippen molar-refractivity contribution in [1.29, 1.82) is 0 Å². The molecule has 0 aliphatic carbocycles. The van der Waals surface area contributed by atoms with Gasteiger partial charge >= 0.3 is 6.09 Å².